The monoisotopic (exact) mass is 348 g/mol. The summed E-state index contributed by atoms with van der Waals surface area (Å²) in [7, 11) is 1.59. The van der Waals surface area contributed by atoms with Gasteiger partial charge < -0.3 is 15.4 Å². The quantitative estimate of drug-likeness (QED) is 0.737. The van der Waals surface area contributed by atoms with E-state index in [0.29, 0.717) is 15.9 Å². The molecule has 0 saturated carbocycles. The maximum Gasteiger partial charge on any atom is 0.171 e. The summed E-state index contributed by atoms with van der Waals surface area (Å²) in [5.74, 6) is 0.641. The van der Waals surface area contributed by atoms with Crippen molar-refractivity contribution in [3.05, 3.63) is 58.6 Å². The first-order chi connectivity index (χ1) is 11.0. The Labute approximate surface area is 148 Å². The van der Waals surface area contributed by atoms with E-state index in [1.807, 2.05) is 24.3 Å². The summed E-state index contributed by atoms with van der Waals surface area (Å²) in [4.78, 5) is 0. The van der Waals surface area contributed by atoms with Crippen molar-refractivity contribution in [1.82, 2.24) is 5.32 Å². The summed E-state index contributed by atoms with van der Waals surface area (Å²) in [5, 5.41) is 7.65. The highest BCUT2D eigenvalue weighted by atomic mass is 35.5. The van der Waals surface area contributed by atoms with E-state index in [1.54, 1.807) is 13.2 Å². The molecule has 23 heavy (non-hydrogen) atoms. The number of rotatable bonds is 5. The first-order valence-electron chi connectivity index (χ1n) is 7.51. The number of hydrogen-bond acceptors (Lipinski definition) is 2. The summed E-state index contributed by atoms with van der Waals surface area (Å²) in [6, 6.07) is 14.0. The van der Waals surface area contributed by atoms with Crippen LogP contribution in [0.1, 0.15) is 30.5 Å². The fourth-order valence-electron chi connectivity index (χ4n) is 2.45. The summed E-state index contributed by atoms with van der Waals surface area (Å²) < 4.78 is 5.15. The van der Waals surface area contributed by atoms with Gasteiger partial charge in [0.15, 0.2) is 5.11 Å². The Morgan fingerprint density at radius 3 is 2.61 bits per heavy atom. The third-order valence-electron chi connectivity index (χ3n) is 3.69. The van der Waals surface area contributed by atoms with Crippen LogP contribution in [-0.2, 0) is 0 Å². The van der Waals surface area contributed by atoms with E-state index >= 15 is 0 Å². The van der Waals surface area contributed by atoms with Crippen LogP contribution in [-0.4, -0.2) is 12.2 Å². The van der Waals surface area contributed by atoms with Crippen molar-refractivity contribution in [2.45, 2.75) is 26.3 Å². The van der Waals surface area contributed by atoms with Gasteiger partial charge in [0.1, 0.15) is 5.75 Å². The third kappa shape index (κ3) is 4.60. The Bertz CT molecular complexity index is 690. The molecule has 2 aromatic rings. The molecule has 122 valence electrons. The Morgan fingerprint density at radius 1 is 1.26 bits per heavy atom. The normalized spacial score (nSPS) is 11.7. The number of aryl methyl sites for hydroxylation is 1. The van der Waals surface area contributed by atoms with E-state index in [9.17, 15) is 0 Å². The van der Waals surface area contributed by atoms with Crippen LogP contribution in [0.5, 0.6) is 5.75 Å². The molecular weight excluding hydrogens is 328 g/mol. The highest BCUT2D eigenvalue weighted by Gasteiger charge is 2.13. The fourth-order valence-corrected chi connectivity index (χ4v) is 2.96. The van der Waals surface area contributed by atoms with Crippen molar-refractivity contribution in [3.8, 4) is 5.75 Å². The number of methoxy groups -OCH3 is 1. The van der Waals surface area contributed by atoms with Crippen molar-refractivity contribution in [2.75, 3.05) is 12.4 Å². The average molecular weight is 349 g/mol. The van der Waals surface area contributed by atoms with Crippen LogP contribution >= 0.6 is 23.8 Å². The summed E-state index contributed by atoms with van der Waals surface area (Å²) >= 11 is 11.6. The van der Waals surface area contributed by atoms with Gasteiger partial charge in [-0.3, -0.25) is 0 Å². The predicted octanol–water partition coefficient (Wildman–Crippen LogP) is 5.09. The van der Waals surface area contributed by atoms with E-state index in [0.717, 1.165) is 12.1 Å². The molecule has 0 saturated heterocycles. The number of halogens is 1. The maximum absolute atomic E-state index is 6.13. The second kappa shape index (κ2) is 8.18. The molecule has 0 amide bonds. The van der Waals surface area contributed by atoms with Gasteiger partial charge >= 0.3 is 0 Å². The minimum absolute atomic E-state index is 0.171. The lowest BCUT2D eigenvalue weighted by atomic mass is 10.00. The number of ether oxygens (including phenoxy) is 1. The molecule has 0 aliphatic rings. The molecular formula is C18H21ClN2OS. The minimum atomic E-state index is 0.171. The van der Waals surface area contributed by atoms with Gasteiger partial charge in [-0.25, -0.2) is 0 Å². The lowest BCUT2D eigenvalue weighted by molar-refractivity contribution is 0.415. The van der Waals surface area contributed by atoms with Gasteiger partial charge in [-0.1, -0.05) is 42.8 Å². The molecule has 5 heteroatoms. The van der Waals surface area contributed by atoms with Crippen molar-refractivity contribution >= 4 is 34.6 Å². The van der Waals surface area contributed by atoms with Crippen LogP contribution in [0.25, 0.3) is 0 Å². The summed E-state index contributed by atoms with van der Waals surface area (Å²) in [6.45, 7) is 4.25. The van der Waals surface area contributed by atoms with Crippen molar-refractivity contribution < 1.29 is 4.74 Å². The van der Waals surface area contributed by atoms with Gasteiger partial charge in [-0.2, -0.15) is 0 Å². The van der Waals surface area contributed by atoms with Crippen LogP contribution in [0, 0.1) is 6.92 Å². The lowest BCUT2D eigenvalue weighted by Gasteiger charge is -2.21. The molecule has 0 heterocycles. The average Bonchev–Trinajstić information content (AvgIpc) is 2.53. The van der Waals surface area contributed by atoms with E-state index in [-0.39, 0.29) is 6.04 Å². The van der Waals surface area contributed by atoms with E-state index < -0.39 is 0 Å². The first-order valence-corrected chi connectivity index (χ1v) is 8.30. The Morgan fingerprint density at radius 2 is 2.00 bits per heavy atom. The summed E-state index contributed by atoms with van der Waals surface area (Å²) in [6.07, 6.45) is 0.941. The maximum atomic E-state index is 6.13. The highest BCUT2D eigenvalue weighted by molar-refractivity contribution is 7.80. The third-order valence-corrected chi connectivity index (χ3v) is 4.20. The van der Waals surface area contributed by atoms with Crippen LogP contribution < -0.4 is 15.4 Å². The number of thiocarbonyl (C=S) groups is 1. The van der Waals surface area contributed by atoms with Crippen LogP contribution in [0.3, 0.4) is 0 Å². The molecule has 2 N–H and O–H groups in total. The highest BCUT2D eigenvalue weighted by Crippen LogP contribution is 2.27. The molecule has 0 aromatic heterocycles. The Hall–Kier alpha value is -1.78. The van der Waals surface area contributed by atoms with Gasteiger partial charge in [0, 0.05) is 5.69 Å². The van der Waals surface area contributed by atoms with Gasteiger partial charge in [-0.15, -0.1) is 0 Å². The van der Waals surface area contributed by atoms with E-state index in [1.165, 1.54) is 11.1 Å². The smallest absolute Gasteiger partial charge is 0.171 e. The topological polar surface area (TPSA) is 33.3 Å². The van der Waals surface area contributed by atoms with Gasteiger partial charge in [0.25, 0.3) is 0 Å². The molecule has 1 unspecified atom stereocenters. The zero-order valence-electron chi connectivity index (χ0n) is 13.5. The van der Waals surface area contributed by atoms with Crippen molar-refractivity contribution in [1.29, 1.82) is 0 Å². The Balaban J connectivity index is 2.06. The molecule has 0 fully saturated rings. The van der Waals surface area contributed by atoms with Gasteiger partial charge in [-0.05, 0) is 54.9 Å². The number of anilines is 1. The van der Waals surface area contributed by atoms with E-state index in [2.05, 4.69) is 36.6 Å². The second-order valence-corrected chi connectivity index (χ2v) is 6.08. The number of nitrogens with one attached hydrogen (secondary N) is 2. The lowest BCUT2D eigenvalue weighted by Crippen LogP contribution is -2.32. The van der Waals surface area contributed by atoms with Crippen molar-refractivity contribution in [2.24, 2.45) is 0 Å². The van der Waals surface area contributed by atoms with Crippen LogP contribution in [0.15, 0.2) is 42.5 Å². The molecule has 0 spiro atoms. The van der Waals surface area contributed by atoms with Crippen molar-refractivity contribution in [3.63, 3.8) is 0 Å². The zero-order valence-corrected chi connectivity index (χ0v) is 15.1. The number of benzene rings is 2. The molecule has 0 bridgehead atoms. The molecule has 0 aliphatic carbocycles. The molecule has 3 nitrogen and oxygen atoms in total. The fraction of sp³-hybridized carbons (Fsp3) is 0.278. The minimum Gasteiger partial charge on any atom is -0.495 e. The van der Waals surface area contributed by atoms with Crippen LogP contribution in [0.2, 0.25) is 5.02 Å². The molecule has 0 radical (unpaired) electrons. The number of hydrogen-bond donors (Lipinski definition) is 2. The van der Waals surface area contributed by atoms with E-state index in [4.69, 9.17) is 28.6 Å². The molecule has 2 aromatic carbocycles. The molecule has 1 atom stereocenters. The largest absolute Gasteiger partial charge is 0.495 e. The van der Waals surface area contributed by atoms with Crippen LogP contribution in [0.4, 0.5) is 5.69 Å². The molecule has 0 aliphatic heterocycles. The summed E-state index contributed by atoms with van der Waals surface area (Å²) in [5.41, 5.74) is 3.34. The van der Waals surface area contributed by atoms with Gasteiger partial charge in [0.05, 0.1) is 18.2 Å². The first kappa shape index (κ1) is 17.6. The SMILES string of the molecule is CCC(NC(=S)Nc1ccc(OC)c(Cl)c1)c1ccccc1C. The van der Waals surface area contributed by atoms with Gasteiger partial charge in [0.2, 0.25) is 0 Å². The molecule has 2 rings (SSSR count). The standard InChI is InChI=1S/C18H21ClN2OS/c1-4-16(14-8-6-5-7-12(14)2)21-18(23)20-13-9-10-17(22-3)15(19)11-13/h5-11,16H,4H2,1-3H3,(H2,20,21,23). The zero-order chi connectivity index (χ0) is 16.8. The Kier molecular flexibility index (Phi) is 6.25. The predicted molar refractivity (Wildman–Crippen MR) is 102 cm³/mol. The second-order valence-electron chi connectivity index (χ2n) is 5.27.